The maximum atomic E-state index is 3.53. The van der Waals surface area contributed by atoms with Crippen LogP contribution in [0.2, 0.25) is 13.1 Å². The molecule has 0 N–H and O–H groups in total. The summed E-state index contributed by atoms with van der Waals surface area (Å²) in [5.41, 5.74) is 5.51. The van der Waals surface area contributed by atoms with Crippen LogP contribution in [0.5, 0.6) is 0 Å². The van der Waals surface area contributed by atoms with Gasteiger partial charge in [-0.2, -0.15) is 5.56 Å². The molecule has 0 amide bonds. The van der Waals surface area contributed by atoms with Gasteiger partial charge in [0.15, 0.2) is 0 Å². The van der Waals surface area contributed by atoms with Gasteiger partial charge in [0.1, 0.15) is 0 Å². The molecule has 0 aromatic heterocycles. The predicted octanol–water partition coefficient (Wildman–Crippen LogP) is -1.06. The summed E-state index contributed by atoms with van der Waals surface area (Å²) in [6.45, 7) is 4.42. The molecule has 24 heavy (non-hydrogen) atoms. The topological polar surface area (TPSA) is 0 Å². The van der Waals surface area contributed by atoms with Crippen LogP contribution in [0.1, 0.15) is 34.1 Å². The van der Waals surface area contributed by atoms with Crippen LogP contribution < -0.4 is 24.8 Å². The van der Waals surface area contributed by atoms with Crippen LogP contribution in [-0.2, 0) is 26.2 Å². The molecule has 0 bridgehead atoms. The second-order valence-corrected chi connectivity index (χ2v) is 6.66. The third kappa shape index (κ3) is 4.82. The van der Waals surface area contributed by atoms with Gasteiger partial charge in [0, 0.05) is 9.52 Å². The van der Waals surface area contributed by atoms with Crippen LogP contribution in [-0.4, -0.2) is 9.52 Å². The standard InChI is InChI=1S/C18H13.C2H7Si.2ClH.Zr/c1-3-7-15-13(5-1)9-11-17(15)18-12-10-14-6-2-4-8-16(14)18;1-3-2;;;/h1-11,17-18H;3H,1-2H3;2*1H;/q-1;;;;+3/p-2. The van der Waals surface area contributed by atoms with Crippen molar-refractivity contribution in [2.75, 3.05) is 0 Å². The first-order valence-corrected chi connectivity index (χ1v) is 9.85. The Morgan fingerprint density at radius 3 is 2.04 bits per heavy atom. The monoisotopic (exact) mass is 448 g/mol. The van der Waals surface area contributed by atoms with Crippen LogP contribution in [0.15, 0.2) is 54.6 Å². The Hall–Kier alpha value is -0.400. The maximum absolute atomic E-state index is 3.53. The third-order valence-electron chi connectivity index (χ3n) is 3.95. The first-order chi connectivity index (χ1) is 10.3. The van der Waals surface area contributed by atoms with Crippen molar-refractivity contribution in [3.05, 3.63) is 82.9 Å². The van der Waals surface area contributed by atoms with Crippen molar-refractivity contribution >= 4 is 21.7 Å². The first-order valence-electron chi connectivity index (χ1n) is 7.54. The van der Waals surface area contributed by atoms with Crippen molar-refractivity contribution in [1.29, 1.82) is 0 Å². The Morgan fingerprint density at radius 1 is 0.833 bits per heavy atom. The molecular formula is C20H20Cl2SiZr. The Balaban J connectivity index is 0.000000827. The molecule has 0 fully saturated rings. The number of halogens is 2. The summed E-state index contributed by atoms with van der Waals surface area (Å²) in [5.74, 6) is 0.821. The Bertz CT molecular complexity index is 638. The van der Waals surface area contributed by atoms with Crippen LogP contribution in [0.4, 0.5) is 0 Å². The third-order valence-corrected chi connectivity index (χ3v) is 3.95. The number of hydrogen-bond donors (Lipinski definition) is 0. The largest absolute Gasteiger partial charge is 3.00 e. The van der Waals surface area contributed by atoms with Gasteiger partial charge in [-0.3, -0.25) is 6.08 Å². The molecule has 2 aromatic carbocycles. The van der Waals surface area contributed by atoms with Crippen molar-refractivity contribution in [2.24, 2.45) is 0 Å². The van der Waals surface area contributed by atoms with Gasteiger partial charge >= 0.3 is 26.2 Å². The fourth-order valence-corrected chi connectivity index (χ4v) is 3.06. The van der Waals surface area contributed by atoms with Crippen LogP contribution >= 0.6 is 0 Å². The van der Waals surface area contributed by atoms with E-state index in [4.69, 9.17) is 0 Å². The summed E-state index contributed by atoms with van der Waals surface area (Å²) in [7, 11) is 0.750. The van der Waals surface area contributed by atoms with E-state index in [9.17, 15) is 0 Å². The van der Waals surface area contributed by atoms with Gasteiger partial charge in [0.05, 0.1) is 0 Å². The predicted molar refractivity (Wildman–Crippen MR) is 94.0 cm³/mol. The normalized spacial score (nSPS) is 18.1. The zero-order valence-corrected chi connectivity index (χ0v) is 19.0. The molecule has 2 atom stereocenters. The summed E-state index contributed by atoms with van der Waals surface area (Å²) >= 11 is 0. The molecule has 2 radical (unpaired) electrons. The molecule has 2 aromatic rings. The zero-order chi connectivity index (χ0) is 14.7. The summed E-state index contributed by atoms with van der Waals surface area (Å²) in [5, 5.41) is 0. The number of benzene rings is 2. The fourth-order valence-electron chi connectivity index (χ4n) is 3.06. The summed E-state index contributed by atoms with van der Waals surface area (Å²) in [6.07, 6.45) is 10.2. The van der Waals surface area contributed by atoms with Crippen LogP contribution in [0, 0.1) is 6.08 Å². The quantitative estimate of drug-likeness (QED) is 0.384. The van der Waals surface area contributed by atoms with E-state index in [1.807, 2.05) is 0 Å². The number of fused-ring (bicyclic) bond motifs is 2. The van der Waals surface area contributed by atoms with E-state index in [-0.39, 0.29) is 51.0 Å². The van der Waals surface area contributed by atoms with E-state index in [1.165, 1.54) is 22.3 Å². The Labute approximate surface area is 179 Å². The Kier molecular flexibility index (Phi) is 11.1. The van der Waals surface area contributed by atoms with E-state index in [0.29, 0.717) is 11.8 Å². The van der Waals surface area contributed by atoms with Crippen LogP contribution in [0.25, 0.3) is 12.2 Å². The van der Waals surface area contributed by atoms with Gasteiger partial charge in [-0.15, -0.1) is 11.6 Å². The molecule has 4 heteroatoms. The van der Waals surface area contributed by atoms with Gasteiger partial charge in [-0.05, 0) is 17.0 Å². The van der Waals surface area contributed by atoms with Crippen molar-refractivity contribution in [3.8, 4) is 0 Å². The SMILES string of the molecule is C[SiH]C.[C-]1=Cc2ccccc2C1C1C=Cc2ccccc21.[Cl-].[Cl-].[Zr+3]. The summed E-state index contributed by atoms with van der Waals surface area (Å²) in [6, 6.07) is 17.3. The molecule has 0 heterocycles. The molecule has 4 rings (SSSR count). The van der Waals surface area contributed by atoms with Gasteiger partial charge in [0.2, 0.25) is 0 Å². The molecule has 2 aliphatic rings. The number of allylic oxidation sites excluding steroid dienone is 2. The van der Waals surface area contributed by atoms with Gasteiger partial charge in [-0.25, -0.2) is 6.08 Å². The molecule has 2 aliphatic carbocycles. The summed E-state index contributed by atoms with van der Waals surface area (Å²) < 4.78 is 0. The molecule has 0 saturated heterocycles. The van der Waals surface area contributed by atoms with Crippen molar-refractivity contribution in [2.45, 2.75) is 24.9 Å². The number of hydrogen-bond acceptors (Lipinski definition) is 0. The molecule has 0 aliphatic heterocycles. The molecule has 122 valence electrons. The average Bonchev–Trinajstić information content (AvgIpc) is 3.11. The number of rotatable bonds is 1. The first kappa shape index (κ1) is 23.6. The minimum absolute atomic E-state index is 0. The maximum Gasteiger partial charge on any atom is 3.00 e. The van der Waals surface area contributed by atoms with E-state index in [2.05, 4.69) is 85.9 Å². The Morgan fingerprint density at radius 2 is 1.38 bits per heavy atom. The molecule has 0 saturated carbocycles. The minimum atomic E-state index is 0. The van der Waals surface area contributed by atoms with Gasteiger partial charge in [0.25, 0.3) is 0 Å². The van der Waals surface area contributed by atoms with Crippen molar-refractivity contribution < 1.29 is 51.0 Å². The van der Waals surface area contributed by atoms with E-state index < -0.39 is 0 Å². The molecule has 2 unspecified atom stereocenters. The average molecular weight is 451 g/mol. The van der Waals surface area contributed by atoms with Crippen LogP contribution in [0.3, 0.4) is 0 Å². The van der Waals surface area contributed by atoms with Gasteiger partial charge in [-0.1, -0.05) is 73.6 Å². The van der Waals surface area contributed by atoms with Crippen molar-refractivity contribution in [3.63, 3.8) is 0 Å². The van der Waals surface area contributed by atoms with E-state index in [0.717, 1.165) is 9.52 Å². The fraction of sp³-hybridized carbons (Fsp3) is 0.200. The van der Waals surface area contributed by atoms with E-state index >= 15 is 0 Å². The van der Waals surface area contributed by atoms with E-state index in [1.54, 1.807) is 0 Å². The molecule has 0 nitrogen and oxygen atoms in total. The van der Waals surface area contributed by atoms with Gasteiger partial charge < -0.3 is 24.8 Å². The summed E-state index contributed by atoms with van der Waals surface area (Å²) in [4.78, 5) is 0. The second-order valence-electron chi connectivity index (χ2n) is 5.51. The smallest absolute Gasteiger partial charge is 1.00 e. The minimum Gasteiger partial charge on any atom is -1.00 e. The van der Waals surface area contributed by atoms with Crippen molar-refractivity contribution in [1.82, 2.24) is 0 Å². The second kappa shape index (κ2) is 11.3. The molecular weight excluding hydrogens is 430 g/mol. The zero-order valence-electron chi connectivity index (χ0n) is 13.8. The molecule has 0 spiro atoms.